The van der Waals surface area contributed by atoms with Crippen LogP contribution in [-0.4, -0.2) is 71.3 Å². The molecule has 5 rings (SSSR count). The molecule has 2 aromatic carbocycles. The van der Waals surface area contributed by atoms with Crippen molar-refractivity contribution >= 4 is 45.8 Å². The number of carbonyl (C=O) groups excluding carboxylic acids is 1. The van der Waals surface area contributed by atoms with E-state index in [2.05, 4.69) is 10.2 Å². The number of hydrogen-bond acceptors (Lipinski definition) is 7. The first-order chi connectivity index (χ1) is 20.2. The number of likely N-dealkylation sites (N-methyl/N-ethyl adjacent to an activating group) is 1. The topological polar surface area (TPSA) is 119 Å². The maximum atomic E-state index is 13.1. The number of hydrogen-bond donors (Lipinski definition) is 2. The van der Waals surface area contributed by atoms with E-state index in [4.69, 9.17) is 38.4 Å². The number of aromatic amines is 1. The normalized spacial score (nSPS) is 15.6. The van der Waals surface area contributed by atoms with Crippen LogP contribution in [0.3, 0.4) is 0 Å². The standard InChI is InChI=1S/C30H32Cl2N6O4/c1-36(2)12-5-7-26(39)37-13-4-6-19(16-37)38-17-21(27-28(38)30(40)35-34-29(27)33)18-8-11-24(25(14-18)41-3)42-20-9-10-22(31)23(32)15-20/h5,7-11,14-15,17,19H,4,6,12-13,16H2,1-3H3,(H2,33,34)(H,35,40)/t19-/m1/s1. The third-order valence-corrected chi connectivity index (χ3v) is 7.95. The van der Waals surface area contributed by atoms with E-state index in [9.17, 15) is 9.59 Å². The summed E-state index contributed by atoms with van der Waals surface area (Å²) in [7, 11) is 5.44. The number of rotatable bonds is 8. The molecule has 3 heterocycles. The van der Waals surface area contributed by atoms with Crippen molar-refractivity contribution in [2.75, 3.05) is 46.6 Å². The Hall–Kier alpha value is -3.99. The highest BCUT2D eigenvalue weighted by Crippen LogP contribution is 2.41. The number of amides is 1. The fraction of sp³-hybridized carbons (Fsp3) is 0.300. The van der Waals surface area contributed by atoms with Crippen LogP contribution in [0.2, 0.25) is 10.0 Å². The van der Waals surface area contributed by atoms with E-state index in [1.165, 1.54) is 0 Å². The lowest BCUT2D eigenvalue weighted by atomic mass is 10.0. The molecule has 0 aliphatic carbocycles. The van der Waals surface area contributed by atoms with Crippen molar-refractivity contribution in [2.24, 2.45) is 0 Å². The minimum atomic E-state index is -0.355. The van der Waals surface area contributed by atoms with E-state index < -0.39 is 0 Å². The number of likely N-dealkylation sites (tertiary alicyclic amines) is 1. The van der Waals surface area contributed by atoms with Gasteiger partial charge in [0.1, 0.15) is 11.3 Å². The maximum absolute atomic E-state index is 13.1. The molecule has 1 fully saturated rings. The molecule has 4 aromatic rings. The first-order valence-electron chi connectivity index (χ1n) is 13.5. The number of nitrogens with one attached hydrogen (secondary N) is 1. The van der Waals surface area contributed by atoms with Gasteiger partial charge in [0.25, 0.3) is 5.56 Å². The average Bonchev–Trinajstić information content (AvgIpc) is 3.39. The predicted molar refractivity (Wildman–Crippen MR) is 166 cm³/mol. The molecule has 12 heteroatoms. The van der Waals surface area contributed by atoms with Gasteiger partial charge in [-0.05, 0) is 56.8 Å². The summed E-state index contributed by atoms with van der Waals surface area (Å²) in [5, 5.41) is 7.89. The molecule has 0 radical (unpaired) electrons. The third kappa shape index (κ3) is 6.11. The molecule has 1 saturated heterocycles. The molecule has 0 spiro atoms. The zero-order valence-corrected chi connectivity index (χ0v) is 25.1. The number of benzene rings is 2. The fourth-order valence-electron chi connectivity index (χ4n) is 5.18. The summed E-state index contributed by atoms with van der Waals surface area (Å²) in [4.78, 5) is 29.9. The Labute approximate surface area is 253 Å². The Morgan fingerprint density at radius 1 is 1.19 bits per heavy atom. The van der Waals surface area contributed by atoms with Gasteiger partial charge in [0.2, 0.25) is 5.91 Å². The highest BCUT2D eigenvalue weighted by atomic mass is 35.5. The molecule has 1 atom stereocenters. The number of halogens is 2. The van der Waals surface area contributed by atoms with E-state index in [-0.39, 0.29) is 23.3 Å². The van der Waals surface area contributed by atoms with Crippen LogP contribution < -0.4 is 20.8 Å². The lowest BCUT2D eigenvalue weighted by Gasteiger charge is -2.33. The quantitative estimate of drug-likeness (QED) is 0.258. The van der Waals surface area contributed by atoms with Crippen molar-refractivity contribution in [2.45, 2.75) is 18.9 Å². The second-order valence-electron chi connectivity index (χ2n) is 10.4. The van der Waals surface area contributed by atoms with Gasteiger partial charge in [-0.15, -0.1) is 0 Å². The average molecular weight is 612 g/mol. The van der Waals surface area contributed by atoms with Crippen molar-refractivity contribution < 1.29 is 14.3 Å². The number of aromatic nitrogens is 3. The Balaban J connectivity index is 1.51. The number of ether oxygens (including phenoxy) is 2. The molecule has 2 aromatic heterocycles. The largest absolute Gasteiger partial charge is 0.493 e. The van der Waals surface area contributed by atoms with Gasteiger partial charge < -0.3 is 29.6 Å². The smallest absolute Gasteiger partial charge is 0.288 e. The highest BCUT2D eigenvalue weighted by molar-refractivity contribution is 6.42. The van der Waals surface area contributed by atoms with E-state index in [1.54, 1.807) is 37.5 Å². The minimum absolute atomic E-state index is 0.0457. The summed E-state index contributed by atoms with van der Waals surface area (Å²) in [6.07, 6.45) is 6.99. The van der Waals surface area contributed by atoms with Gasteiger partial charge in [-0.3, -0.25) is 9.59 Å². The molecule has 0 saturated carbocycles. The lowest BCUT2D eigenvalue weighted by Crippen LogP contribution is -2.40. The second kappa shape index (κ2) is 12.5. The van der Waals surface area contributed by atoms with E-state index in [0.29, 0.717) is 57.8 Å². The minimum Gasteiger partial charge on any atom is -0.493 e. The van der Waals surface area contributed by atoms with Gasteiger partial charge in [-0.1, -0.05) is 35.3 Å². The van der Waals surface area contributed by atoms with Gasteiger partial charge in [-0.2, -0.15) is 5.10 Å². The van der Waals surface area contributed by atoms with Crippen molar-refractivity contribution in [1.29, 1.82) is 0 Å². The zero-order valence-electron chi connectivity index (χ0n) is 23.6. The number of nitrogens with zero attached hydrogens (tertiary/aromatic N) is 4. The van der Waals surface area contributed by atoms with Crippen molar-refractivity contribution in [3.63, 3.8) is 0 Å². The summed E-state index contributed by atoms with van der Waals surface area (Å²) in [5.41, 5.74) is 7.87. The monoisotopic (exact) mass is 610 g/mol. The van der Waals surface area contributed by atoms with Crippen LogP contribution in [0, 0.1) is 0 Å². The molecule has 1 aliphatic rings. The Morgan fingerprint density at radius 3 is 2.74 bits per heavy atom. The van der Waals surface area contributed by atoms with E-state index >= 15 is 0 Å². The molecule has 3 N–H and O–H groups in total. The molecule has 1 aliphatic heterocycles. The number of fused-ring (bicyclic) bond motifs is 1. The van der Waals surface area contributed by atoms with Crippen LogP contribution in [0.5, 0.6) is 17.2 Å². The number of H-pyrrole nitrogens is 1. The van der Waals surface area contributed by atoms with E-state index in [0.717, 1.165) is 24.0 Å². The van der Waals surface area contributed by atoms with Gasteiger partial charge in [0.15, 0.2) is 17.3 Å². The van der Waals surface area contributed by atoms with Crippen LogP contribution in [0.15, 0.2) is 59.5 Å². The summed E-state index contributed by atoms with van der Waals surface area (Å²) < 4.78 is 13.6. The lowest BCUT2D eigenvalue weighted by molar-refractivity contribution is -0.127. The Morgan fingerprint density at radius 2 is 2.00 bits per heavy atom. The number of methoxy groups -OCH3 is 1. The number of piperidine rings is 1. The number of anilines is 1. The molecule has 1 amide bonds. The van der Waals surface area contributed by atoms with Crippen LogP contribution in [0.1, 0.15) is 18.9 Å². The molecule has 10 nitrogen and oxygen atoms in total. The first-order valence-corrected chi connectivity index (χ1v) is 14.2. The van der Waals surface area contributed by atoms with Gasteiger partial charge in [0.05, 0.1) is 28.6 Å². The van der Waals surface area contributed by atoms with Crippen LogP contribution in [-0.2, 0) is 4.79 Å². The molecule has 42 heavy (non-hydrogen) atoms. The summed E-state index contributed by atoms with van der Waals surface area (Å²) in [5.74, 6) is 1.59. The Kier molecular flexibility index (Phi) is 8.77. The molecule has 0 unspecified atom stereocenters. The van der Waals surface area contributed by atoms with E-state index in [1.807, 2.05) is 52.9 Å². The summed E-state index contributed by atoms with van der Waals surface area (Å²) in [6, 6.07) is 10.3. The molecule has 220 valence electrons. The highest BCUT2D eigenvalue weighted by Gasteiger charge is 2.28. The SMILES string of the molecule is COc1cc(-c2cn([C@@H]3CCCN(C(=O)C=CCN(C)C)C3)c3c(=O)[nH]nc(N)c23)ccc1Oc1ccc(Cl)c(Cl)c1. The number of nitrogens with two attached hydrogens (primary N) is 1. The molecular formula is C30H32Cl2N6O4. The van der Waals surface area contributed by atoms with Crippen molar-refractivity contribution in [3.8, 4) is 28.4 Å². The van der Waals surface area contributed by atoms with Crippen LogP contribution in [0.4, 0.5) is 5.82 Å². The number of nitrogen functional groups attached to an aromatic ring is 1. The molecule has 0 bridgehead atoms. The van der Waals surface area contributed by atoms with Crippen molar-refractivity contribution in [1.82, 2.24) is 24.6 Å². The summed E-state index contributed by atoms with van der Waals surface area (Å²) >= 11 is 12.2. The first kappa shape index (κ1) is 29.5. The predicted octanol–water partition coefficient (Wildman–Crippen LogP) is 5.36. The van der Waals surface area contributed by atoms with Crippen LogP contribution in [0.25, 0.3) is 22.0 Å². The van der Waals surface area contributed by atoms with Gasteiger partial charge in [0, 0.05) is 43.5 Å². The fourth-order valence-corrected chi connectivity index (χ4v) is 5.47. The summed E-state index contributed by atoms with van der Waals surface area (Å²) in [6.45, 7) is 1.80. The number of carbonyl (C=O) groups is 1. The molecular weight excluding hydrogens is 579 g/mol. The Bertz CT molecular complexity index is 1710. The van der Waals surface area contributed by atoms with Gasteiger partial charge >= 0.3 is 0 Å². The van der Waals surface area contributed by atoms with Gasteiger partial charge in [-0.25, -0.2) is 5.10 Å². The second-order valence-corrected chi connectivity index (χ2v) is 11.2. The maximum Gasteiger partial charge on any atom is 0.288 e. The zero-order chi connectivity index (χ0) is 30.0. The third-order valence-electron chi connectivity index (χ3n) is 7.21. The van der Waals surface area contributed by atoms with Crippen LogP contribution >= 0.6 is 23.2 Å². The van der Waals surface area contributed by atoms with Crippen molar-refractivity contribution in [3.05, 3.63) is 75.1 Å².